The van der Waals surface area contributed by atoms with Crippen molar-refractivity contribution < 1.29 is 16.8 Å². The van der Waals surface area contributed by atoms with Crippen molar-refractivity contribution in [3.63, 3.8) is 0 Å². The van der Waals surface area contributed by atoms with E-state index in [1.807, 2.05) is 0 Å². The van der Waals surface area contributed by atoms with Crippen LogP contribution in [0.3, 0.4) is 0 Å². The quantitative estimate of drug-likeness (QED) is 0.793. The molecule has 1 aromatic rings. The van der Waals surface area contributed by atoms with Crippen LogP contribution in [0.2, 0.25) is 0 Å². The molecule has 0 radical (unpaired) electrons. The van der Waals surface area contributed by atoms with Crippen LogP contribution >= 0.6 is 0 Å². The Kier molecular flexibility index (Phi) is 4.99. The highest BCUT2D eigenvalue weighted by molar-refractivity contribution is 7.90. The molecule has 2 fully saturated rings. The third-order valence-corrected chi connectivity index (χ3v) is 9.49. The standard InChI is InChI=1S/C18H27N3O4S2/c1-13-11-15-17(12-16(13)27(24,25)21-9-5-2-6-10-21)26(22,23)20-18(19-15)14-7-3-4-8-14/h11-12,14,18-20H,2-10H2,1H3. The van der Waals surface area contributed by atoms with Crippen molar-refractivity contribution >= 4 is 25.7 Å². The summed E-state index contributed by atoms with van der Waals surface area (Å²) in [7, 11) is -7.45. The summed E-state index contributed by atoms with van der Waals surface area (Å²) in [6.07, 6.45) is 6.61. The largest absolute Gasteiger partial charge is 0.368 e. The molecule has 4 rings (SSSR count). The highest BCUT2D eigenvalue weighted by Crippen LogP contribution is 2.37. The molecule has 2 aliphatic heterocycles. The maximum atomic E-state index is 13.1. The number of sulfonamides is 2. The van der Waals surface area contributed by atoms with Gasteiger partial charge in [-0.3, -0.25) is 0 Å². The topological polar surface area (TPSA) is 95.6 Å². The van der Waals surface area contributed by atoms with Gasteiger partial charge in [0.25, 0.3) is 0 Å². The Hall–Kier alpha value is -1.16. The number of aryl methyl sites for hydroxylation is 1. The third kappa shape index (κ3) is 3.50. The van der Waals surface area contributed by atoms with Crippen LogP contribution in [-0.4, -0.2) is 40.4 Å². The van der Waals surface area contributed by atoms with E-state index in [-0.39, 0.29) is 21.9 Å². The number of rotatable bonds is 3. The second-order valence-electron chi connectivity index (χ2n) is 7.87. The lowest BCUT2D eigenvalue weighted by molar-refractivity contribution is 0.346. The predicted molar refractivity (Wildman–Crippen MR) is 103 cm³/mol. The summed E-state index contributed by atoms with van der Waals surface area (Å²) in [6, 6.07) is 3.00. The molecule has 1 aromatic carbocycles. The molecule has 7 nitrogen and oxygen atoms in total. The highest BCUT2D eigenvalue weighted by Gasteiger charge is 2.37. The number of hydrogen-bond donors (Lipinski definition) is 2. The molecule has 0 spiro atoms. The van der Waals surface area contributed by atoms with Crippen LogP contribution in [0.25, 0.3) is 0 Å². The molecule has 2 N–H and O–H groups in total. The lowest BCUT2D eigenvalue weighted by atomic mass is 10.0. The van der Waals surface area contributed by atoms with Gasteiger partial charge in [0.15, 0.2) is 0 Å². The van der Waals surface area contributed by atoms with Crippen LogP contribution in [0.5, 0.6) is 0 Å². The zero-order valence-electron chi connectivity index (χ0n) is 15.6. The van der Waals surface area contributed by atoms with Gasteiger partial charge in [-0.25, -0.2) is 16.8 Å². The summed E-state index contributed by atoms with van der Waals surface area (Å²) in [5.41, 5.74) is 1.08. The number of fused-ring (bicyclic) bond motifs is 1. The zero-order valence-corrected chi connectivity index (χ0v) is 17.2. The van der Waals surface area contributed by atoms with E-state index in [9.17, 15) is 16.8 Å². The summed E-state index contributed by atoms with van der Waals surface area (Å²) in [5, 5.41) is 3.29. The van der Waals surface area contributed by atoms with Gasteiger partial charge in [-0.05, 0) is 56.2 Å². The fourth-order valence-electron chi connectivity index (χ4n) is 4.46. The molecular formula is C18H27N3O4S2. The Bertz CT molecular complexity index is 932. The minimum atomic E-state index is -3.75. The molecule has 3 aliphatic rings. The molecule has 9 heteroatoms. The molecule has 2 heterocycles. The molecule has 1 aliphatic carbocycles. The van der Waals surface area contributed by atoms with Gasteiger partial charge in [-0.15, -0.1) is 0 Å². The van der Waals surface area contributed by atoms with Gasteiger partial charge in [0.2, 0.25) is 20.0 Å². The van der Waals surface area contributed by atoms with E-state index < -0.39 is 20.0 Å². The van der Waals surface area contributed by atoms with Gasteiger partial charge in [0.05, 0.1) is 16.7 Å². The summed E-state index contributed by atoms with van der Waals surface area (Å²) in [6.45, 7) is 2.72. The Morgan fingerprint density at radius 2 is 1.70 bits per heavy atom. The Morgan fingerprint density at radius 3 is 2.37 bits per heavy atom. The number of nitrogens with one attached hydrogen (secondary N) is 2. The molecule has 0 bridgehead atoms. The van der Waals surface area contributed by atoms with E-state index in [1.54, 1.807) is 13.0 Å². The van der Waals surface area contributed by atoms with Crippen molar-refractivity contribution in [1.29, 1.82) is 0 Å². The predicted octanol–water partition coefficient (Wildman–Crippen LogP) is 2.39. The van der Waals surface area contributed by atoms with Crippen molar-refractivity contribution in [2.75, 3.05) is 18.4 Å². The van der Waals surface area contributed by atoms with Crippen LogP contribution in [0.4, 0.5) is 5.69 Å². The zero-order chi connectivity index (χ0) is 19.2. The first kappa shape index (κ1) is 19.2. The van der Waals surface area contributed by atoms with Crippen LogP contribution in [0, 0.1) is 12.8 Å². The maximum Gasteiger partial charge on any atom is 0.244 e. The number of piperidine rings is 1. The lowest BCUT2D eigenvalue weighted by Gasteiger charge is -2.33. The van der Waals surface area contributed by atoms with Crippen LogP contribution < -0.4 is 10.0 Å². The minimum Gasteiger partial charge on any atom is -0.368 e. The monoisotopic (exact) mass is 413 g/mol. The second kappa shape index (κ2) is 7.02. The molecule has 1 unspecified atom stereocenters. The average molecular weight is 414 g/mol. The average Bonchev–Trinajstić information content (AvgIpc) is 3.16. The fraction of sp³-hybridized carbons (Fsp3) is 0.667. The SMILES string of the molecule is Cc1cc2c(cc1S(=O)(=O)N1CCCCC1)S(=O)(=O)NC(C1CCCC1)N2. The first-order chi connectivity index (χ1) is 12.8. The summed E-state index contributed by atoms with van der Waals surface area (Å²) in [5.74, 6) is 0.269. The van der Waals surface area contributed by atoms with Crippen molar-refractivity contribution in [3.8, 4) is 0 Å². The number of nitrogens with zero attached hydrogens (tertiary/aromatic N) is 1. The molecule has 27 heavy (non-hydrogen) atoms. The molecule has 0 aromatic heterocycles. The number of anilines is 1. The number of hydrogen-bond acceptors (Lipinski definition) is 5. The first-order valence-electron chi connectivity index (χ1n) is 9.73. The van der Waals surface area contributed by atoms with Crippen LogP contribution in [-0.2, 0) is 20.0 Å². The molecule has 1 saturated carbocycles. The van der Waals surface area contributed by atoms with E-state index in [1.165, 1.54) is 10.4 Å². The van der Waals surface area contributed by atoms with Gasteiger partial charge in [-0.2, -0.15) is 9.03 Å². The molecule has 1 atom stereocenters. The van der Waals surface area contributed by atoms with E-state index in [2.05, 4.69) is 10.0 Å². The van der Waals surface area contributed by atoms with Gasteiger partial charge in [0, 0.05) is 13.1 Å². The third-order valence-electron chi connectivity index (χ3n) is 5.96. The van der Waals surface area contributed by atoms with Gasteiger partial charge >= 0.3 is 0 Å². The fourth-order valence-corrected chi connectivity index (χ4v) is 7.68. The second-order valence-corrected chi connectivity index (χ2v) is 11.5. The van der Waals surface area contributed by atoms with Crippen molar-refractivity contribution in [2.45, 2.75) is 67.8 Å². The van der Waals surface area contributed by atoms with E-state index in [0.29, 0.717) is 24.3 Å². The maximum absolute atomic E-state index is 13.1. The minimum absolute atomic E-state index is 0.0259. The molecule has 0 amide bonds. The van der Waals surface area contributed by atoms with Gasteiger partial charge in [-0.1, -0.05) is 19.3 Å². The summed E-state index contributed by atoms with van der Waals surface area (Å²) < 4.78 is 56.0. The normalized spacial score (nSPS) is 26.5. The lowest BCUT2D eigenvalue weighted by Crippen LogP contribution is -2.48. The van der Waals surface area contributed by atoms with E-state index in [4.69, 9.17) is 0 Å². The first-order valence-corrected chi connectivity index (χ1v) is 12.6. The molecule has 150 valence electrons. The van der Waals surface area contributed by atoms with Gasteiger partial charge < -0.3 is 5.32 Å². The van der Waals surface area contributed by atoms with Crippen molar-refractivity contribution in [3.05, 3.63) is 17.7 Å². The van der Waals surface area contributed by atoms with Crippen molar-refractivity contribution in [2.24, 2.45) is 5.92 Å². The Morgan fingerprint density at radius 1 is 1.04 bits per heavy atom. The molecule has 1 saturated heterocycles. The Labute approximate surface area is 161 Å². The Balaban J connectivity index is 1.72. The molecular weight excluding hydrogens is 386 g/mol. The van der Waals surface area contributed by atoms with E-state index in [0.717, 1.165) is 44.9 Å². The summed E-state index contributed by atoms with van der Waals surface area (Å²) in [4.78, 5) is 0.118. The van der Waals surface area contributed by atoms with Crippen molar-refractivity contribution in [1.82, 2.24) is 9.03 Å². The smallest absolute Gasteiger partial charge is 0.244 e. The van der Waals surface area contributed by atoms with Crippen LogP contribution in [0.1, 0.15) is 50.5 Å². The highest BCUT2D eigenvalue weighted by atomic mass is 32.2. The summed E-state index contributed by atoms with van der Waals surface area (Å²) >= 11 is 0. The number of benzene rings is 1. The van der Waals surface area contributed by atoms with Gasteiger partial charge in [0.1, 0.15) is 4.90 Å². The van der Waals surface area contributed by atoms with E-state index >= 15 is 0 Å². The van der Waals surface area contributed by atoms with Crippen LogP contribution in [0.15, 0.2) is 21.9 Å².